The summed E-state index contributed by atoms with van der Waals surface area (Å²) in [6, 6.07) is -1.18. The minimum Gasteiger partial charge on any atom is -0.464 e. The van der Waals surface area contributed by atoms with E-state index in [2.05, 4.69) is 4.74 Å². The Bertz CT molecular complexity index is 181. The predicted molar refractivity (Wildman–Crippen MR) is 46.9 cm³/mol. The zero-order valence-corrected chi connectivity index (χ0v) is 7.99. The van der Waals surface area contributed by atoms with E-state index in [1.807, 2.05) is 6.92 Å². The summed E-state index contributed by atoms with van der Waals surface area (Å²) < 4.78 is 4.32. The van der Waals surface area contributed by atoms with Crippen molar-refractivity contribution in [1.82, 2.24) is 0 Å². The summed E-state index contributed by atoms with van der Waals surface area (Å²) in [6.07, 6.45) is 2.84. The molecule has 1 unspecified atom stereocenters. The van der Waals surface area contributed by atoms with E-state index in [0.717, 1.165) is 12.8 Å². The molecule has 0 aliphatic carbocycles. The molecule has 0 fully saturated rings. The quantitative estimate of drug-likeness (QED) is 0.274. The Balaban J connectivity index is 3.95. The monoisotopic (exact) mass is 189 g/mol. The fourth-order valence-corrected chi connectivity index (χ4v) is 1.03. The fourth-order valence-electron chi connectivity index (χ4n) is 1.03. The Morgan fingerprint density at radius 2 is 2.15 bits per heavy atom. The van der Waals surface area contributed by atoms with Crippen LogP contribution in [0.4, 0.5) is 0 Å². The standard InChI is InChI=1S/C8H15NO4/c1-3-4-5-6-7(9(11)12)8(10)13-2/h7H,3-6H2,1-2H3. The number of hydrogen-bond acceptors (Lipinski definition) is 4. The van der Waals surface area contributed by atoms with Gasteiger partial charge in [-0.25, -0.2) is 4.79 Å². The zero-order chi connectivity index (χ0) is 10.3. The molecule has 0 rings (SSSR count). The summed E-state index contributed by atoms with van der Waals surface area (Å²) in [5.41, 5.74) is 0. The van der Waals surface area contributed by atoms with E-state index < -0.39 is 16.9 Å². The second kappa shape index (κ2) is 6.39. The number of esters is 1. The molecule has 0 spiro atoms. The van der Waals surface area contributed by atoms with Crippen molar-refractivity contribution in [3.05, 3.63) is 10.1 Å². The summed E-state index contributed by atoms with van der Waals surface area (Å²) in [5.74, 6) is -0.749. The lowest BCUT2D eigenvalue weighted by atomic mass is 10.1. The molecule has 0 heterocycles. The summed E-state index contributed by atoms with van der Waals surface area (Å²) in [6.45, 7) is 2.00. The van der Waals surface area contributed by atoms with Crippen LogP contribution in [0, 0.1) is 10.1 Å². The van der Waals surface area contributed by atoms with Gasteiger partial charge in [0.25, 0.3) is 0 Å². The molecule has 0 saturated heterocycles. The number of methoxy groups -OCH3 is 1. The van der Waals surface area contributed by atoms with Crippen LogP contribution in [0.15, 0.2) is 0 Å². The highest BCUT2D eigenvalue weighted by Gasteiger charge is 2.29. The van der Waals surface area contributed by atoms with Crippen molar-refractivity contribution in [3.8, 4) is 0 Å². The van der Waals surface area contributed by atoms with Crippen LogP contribution in [0.3, 0.4) is 0 Å². The SMILES string of the molecule is CCCCCC(C(=O)OC)[N+](=O)[O-]. The third kappa shape index (κ3) is 4.45. The Morgan fingerprint density at radius 1 is 1.54 bits per heavy atom. The molecule has 1 atom stereocenters. The van der Waals surface area contributed by atoms with Crippen LogP contribution in [0.2, 0.25) is 0 Å². The molecule has 0 aromatic heterocycles. The van der Waals surface area contributed by atoms with Crippen molar-refractivity contribution in [1.29, 1.82) is 0 Å². The molecule has 0 aliphatic heterocycles. The first-order chi connectivity index (χ1) is 6.13. The van der Waals surface area contributed by atoms with Gasteiger partial charge in [0.15, 0.2) is 0 Å². The van der Waals surface area contributed by atoms with Crippen LogP contribution in [0.5, 0.6) is 0 Å². The second-order valence-electron chi connectivity index (χ2n) is 2.82. The van der Waals surface area contributed by atoms with E-state index in [1.54, 1.807) is 0 Å². The number of unbranched alkanes of at least 4 members (excludes halogenated alkanes) is 2. The fraction of sp³-hybridized carbons (Fsp3) is 0.875. The van der Waals surface area contributed by atoms with E-state index in [-0.39, 0.29) is 6.42 Å². The molecule has 76 valence electrons. The molecule has 13 heavy (non-hydrogen) atoms. The van der Waals surface area contributed by atoms with Crippen molar-refractivity contribution in [3.63, 3.8) is 0 Å². The Kier molecular flexibility index (Phi) is 5.84. The van der Waals surface area contributed by atoms with Crippen LogP contribution < -0.4 is 0 Å². The minimum atomic E-state index is -1.18. The molecule has 5 nitrogen and oxygen atoms in total. The summed E-state index contributed by atoms with van der Waals surface area (Å²) in [4.78, 5) is 20.7. The molecular weight excluding hydrogens is 174 g/mol. The molecule has 0 N–H and O–H groups in total. The molecule has 0 saturated carbocycles. The van der Waals surface area contributed by atoms with Gasteiger partial charge < -0.3 is 4.74 Å². The van der Waals surface area contributed by atoms with Crippen molar-refractivity contribution in [2.45, 2.75) is 38.6 Å². The average Bonchev–Trinajstić information content (AvgIpc) is 2.11. The van der Waals surface area contributed by atoms with Gasteiger partial charge in [0.2, 0.25) is 0 Å². The second-order valence-corrected chi connectivity index (χ2v) is 2.82. The van der Waals surface area contributed by atoms with Gasteiger partial charge in [-0.3, -0.25) is 10.1 Å². The number of ether oxygens (including phenoxy) is 1. The van der Waals surface area contributed by atoms with Crippen LogP contribution in [0.1, 0.15) is 32.6 Å². The van der Waals surface area contributed by atoms with Crippen LogP contribution in [0.25, 0.3) is 0 Å². The van der Waals surface area contributed by atoms with Crippen molar-refractivity contribution < 1.29 is 14.5 Å². The number of nitrogens with zero attached hydrogens (tertiary/aromatic N) is 1. The van der Waals surface area contributed by atoms with E-state index in [1.165, 1.54) is 7.11 Å². The summed E-state index contributed by atoms with van der Waals surface area (Å²) in [7, 11) is 1.17. The normalized spacial score (nSPS) is 12.2. The molecule has 0 aliphatic rings. The van der Waals surface area contributed by atoms with Crippen molar-refractivity contribution >= 4 is 5.97 Å². The largest absolute Gasteiger partial charge is 0.464 e. The van der Waals surface area contributed by atoms with Gasteiger partial charge in [-0.15, -0.1) is 0 Å². The highest BCUT2D eigenvalue weighted by molar-refractivity contribution is 5.74. The maximum atomic E-state index is 10.9. The van der Waals surface area contributed by atoms with Crippen LogP contribution in [-0.4, -0.2) is 24.0 Å². The number of nitro groups is 1. The number of rotatable bonds is 6. The maximum Gasteiger partial charge on any atom is 0.381 e. The molecule has 5 heteroatoms. The first-order valence-corrected chi connectivity index (χ1v) is 4.34. The zero-order valence-electron chi connectivity index (χ0n) is 7.99. The predicted octanol–water partition coefficient (Wildman–Crippen LogP) is 1.39. The van der Waals surface area contributed by atoms with E-state index >= 15 is 0 Å². The van der Waals surface area contributed by atoms with Gasteiger partial charge in [-0.1, -0.05) is 19.8 Å². The number of hydrogen-bond donors (Lipinski definition) is 0. The Morgan fingerprint density at radius 3 is 2.54 bits per heavy atom. The first-order valence-electron chi connectivity index (χ1n) is 4.34. The number of carbonyl (C=O) groups is 1. The minimum absolute atomic E-state index is 0.271. The highest BCUT2D eigenvalue weighted by atomic mass is 16.6. The molecule has 0 aromatic rings. The van der Waals surface area contributed by atoms with E-state index in [0.29, 0.717) is 6.42 Å². The lowest BCUT2D eigenvalue weighted by Crippen LogP contribution is -2.30. The average molecular weight is 189 g/mol. The topological polar surface area (TPSA) is 69.4 Å². The highest BCUT2D eigenvalue weighted by Crippen LogP contribution is 2.07. The third-order valence-corrected chi connectivity index (χ3v) is 1.81. The Hall–Kier alpha value is -1.13. The smallest absolute Gasteiger partial charge is 0.381 e. The molecule has 0 radical (unpaired) electrons. The van der Waals surface area contributed by atoms with Gasteiger partial charge in [-0.2, -0.15) is 0 Å². The number of carbonyl (C=O) groups excluding carboxylic acids is 1. The van der Waals surface area contributed by atoms with Gasteiger partial charge >= 0.3 is 12.0 Å². The molecule has 0 amide bonds. The van der Waals surface area contributed by atoms with Gasteiger partial charge in [0, 0.05) is 11.3 Å². The van der Waals surface area contributed by atoms with Crippen LogP contribution >= 0.6 is 0 Å². The molecular formula is C8H15NO4. The summed E-state index contributed by atoms with van der Waals surface area (Å²) >= 11 is 0. The van der Waals surface area contributed by atoms with Gasteiger partial charge in [0.05, 0.1) is 7.11 Å². The maximum absolute atomic E-state index is 10.9. The van der Waals surface area contributed by atoms with Crippen molar-refractivity contribution in [2.75, 3.05) is 7.11 Å². The Labute approximate surface area is 77.2 Å². The first kappa shape index (κ1) is 11.9. The molecule has 0 aromatic carbocycles. The lowest BCUT2D eigenvalue weighted by molar-refractivity contribution is -0.511. The van der Waals surface area contributed by atoms with Crippen molar-refractivity contribution in [2.24, 2.45) is 0 Å². The lowest BCUT2D eigenvalue weighted by Gasteiger charge is -2.05. The van der Waals surface area contributed by atoms with E-state index in [4.69, 9.17) is 0 Å². The van der Waals surface area contributed by atoms with Gasteiger partial charge in [0.1, 0.15) is 0 Å². The van der Waals surface area contributed by atoms with Crippen LogP contribution in [-0.2, 0) is 9.53 Å². The third-order valence-electron chi connectivity index (χ3n) is 1.81. The molecule has 0 bridgehead atoms. The van der Waals surface area contributed by atoms with E-state index in [9.17, 15) is 14.9 Å². The summed E-state index contributed by atoms with van der Waals surface area (Å²) in [5, 5.41) is 10.4. The van der Waals surface area contributed by atoms with Gasteiger partial charge in [-0.05, 0) is 6.42 Å².